The van der Waals surface area contributed by atoms with Gasteiger partial charge in [-0.3, -0.25) is 24.2 Å². The molecular weight excluding hydrogens is 628 g/mol. The summed E-state index contributed by atoms with van der Waals surface area (Å²) >= 11 is 0. The number of rotatable bonds is 1. The Morgan fingerprint density at radius 3 is 2.47 bits per heavy atom. The van der Waals surface area contributed by atoms with Crippen molar-refractivity contribution in [3.63, 3.8) is 0 Å². The van der Waals surface area contributed by atoms with Crippen molar-refractivity contribution in [3.05, 3.63) is 47.7 Å². The van der Waals surface area contributed by atoms with Crippen molar-refractivity contribution in [2.24, 2.45) is 5.92 Å². The molecule has 5 bridgehead atoms. The molecule has 1 aromatic carbocycles. The first kappa shape index (κ1) is 37.3. The maximum atomic E-state index is 13.4. The second kappa shape index (κ2) is 16.3. The van der Waals surface area contributed by atoms with Gasteiger partial charge in [-0.2, -0.15) is 0 Å². The van der Waals surface area contributed by atoms with Crippen molar-refractivity contribution in [1.82, 2.24) is 31.0 Å². The lowest BCUT2D eigenvalue weighted by Gasteiger charge is -2.35. The summed E-state index contributed by atoms with van der Waals surface area (Å²) in [7, 11) is 0. The number of nitrogens with zero attached hydrogens (tertiary/aromatic N) is 3. The van der Waals surface area contributed by atoms with Gasteiger partial charge < -0.3 is 25.0 Å². The van der Waals surface area contributed by atoms with Crippen LogP contribution < -0.4 is 16.1 Å². The zero-order valence-electron chi connectivity index (χ0n) is 29.6. The topological polar surface area (TPSA) is 159 Å². The molecule has 2 aromatic rings. The molecule has 2 aliphatic rings. The minimum atomic E-state index is -0.941. The highest BCUT2D eigenvalue weighted by atomic mass is 16.6. The van der Waals surface area contributed by atoms with Crippen molar-refractivity contribution in [1.29, 1.82) is 0 Å². The fourth-order valence-corrected chi connectivity index (χ4v) is 5.60. The van der Waals surface area contributed by atoms with E-state index in [0.29, 0.717) is 38.0 Å². The third kappa shape index (κ3) is 10.5. The summed E-state index contributed by atoms with van der Waals surface area (Å²) < 4.78 is 11.4. The predicted octanol–water partition coefficient (Wildman–Crippen LogP) is 4.02. The number of esters is 1. The molecule has 0 radical (unpaired) electrons. The molecule has 1 saturated heterocycles. The molecule has 0 spiro atoms. The molecule has 266 valence electrons. The van der Waals surface area contributed by atoms with Gasteiger partial charge in [-0.15, -0.1) is 0 Å². The fourth-order valence-electron chi connectivity index (χ4n) is 5.60. The Morgan fingerprint density at radius 2 is 1.76 bits per heavy atom. The van der Waals surface area contributed by atoms with Gasteiger partial charge in [0, 0.05) is 31.4 Å². The lowest BCUT2D eigenvalue weighted by atomic mass is 10.0. The molecule has 3 heterocycles. The number of carbonyl (C=O) groups is 5. The minimum Gasteiger partial charge on any atom is -0.455 e. The van der Waals surface area contributed by atoms with Gasteiger partial charge in [-0.25, -0.2) is 15.2 Å². The highest BCUT2D eigenvalue weighted by molar-refractivity contribution is 5.92. The monoisotopic (exact) mass is 678 g/mol. The van der Waals surface area contributed by atoms with Gasteiger partial charge in [-0.05, 0) is 77.5 Å². The lowest BCUT2D eigenvalue weighted by Crippen LogP contribution is -2.61. The Hall–Kier alpha value is -4.52. The molecule has 3 N–H and O–H groups in total. The first-order chi connectivity index (χ1) is 23.1. The summed E-state index contributed by atoms with van der Waals surface area (Å²) in [6.45, 7) is 13.0. The van der Waals surface area contributed by atoms with E-state index in [1.165, 1.54) is 9.91 Å². The van der Waals surface area contributed by atoms with Crippen LogP contribution in [0.5, 0.6) is 0 Å². The Bertz CT molecular complexity index is 1570. The average Bonchev–Trinajstić information content (AvgIpc) is 3.04. The summed E-state index contributed by atoms with van der Waals surface area (Å²) in [6.07, 6.45) is 4.17. The first-order valence-corrected chi connectivity index (χ1v) is 17.0. The molecule has 4 atom stereocenters. The molecule has 49 heavy (non-hydrogen) atoms. The van der Waals surface area contributed by atoms with Gasteiger partial charge in [0.1, 0.15) is 29.8 Å². The molecular formula is C36H50N6O7. The van der Waals surface area contributed by atoms with Gasteiger partial charge in [0.05, 0.1) is 11.2 Å². The maximum absolute atomic E-state index is 13.4. The van der Waals surface area contributed by atoms with Crippen LogP contribution in [0, 0.1) is 5.92 Å². The Kier molecular flexibility index (Phi) is 12.4. The number of aromatic nitrogens is 1. The highest BCUT2D eigenvalue weighted by Crippen LogP contribution is 2.23. The number of hydrogen-bond acceptors (Lipinski definition) is 9. The van der Waals surface area contributed by atoms with E-state index in [2.05, 4.69) is 16.1 Å². The largest absolute Gasteiger partial charge is 0.455 e. The third-order valence-electron chi connectivity index (χ3n) is 8.32. The number of nitrogens with one attached hydrogen (secondary N) is 3. The number of amides is 4. The number of benzene rings is 1. The summed E-state index contributed by atoms with van der Waals surface area (Å²) in [6, 6.07) is 7.01. The number of cyclic esters (lactones) is 1. The second-order valence-electron chi connectivity index (χ2n) is 14.0. The number of hydrazine groups is 1. The first-order valence-electron chi connectivity index (χ1n) is 17.0. The smallest absolute Gasteiger partial charge is 0.410 e. The normalized spacial score (nSPS) is 23.9. The molecule has 4 rings (SSSR count). The Morgan fingerprint density at radius 1 is 1.02 bits per heavy atom. The Labute approximate surface area is 288 Å². The van der Waals surface area contributed by atoms with Crippen LogP contribution >= 0.6 is 0 Å². The van der Waals surface area contributed by atoms with Crippen molar-refractivity contribution in [3.8, 4) is 0 Å². The van der Waals surface area contributed by atoms with E-state index in [-0.39, 0.29) is 18.9 Å². The zero-order chi connectivity index (χ0) is 35.9. The fraction of sp³-hybridized carbons (Fsp3) is 0.556. The average molecular weight is 679 g/mol. The van der Waals surface area contributed by atoms with Gasteiger partial charge in [-0.1, -0.05) is 44.2 Å². The summed E-state index contributed by atoms with van der Waals surface area (Å²) in [5.41, 5.74) is 4.47. The third-order valence-corrected chi connectivity index (χ3v) is 8.32. The Balaban J connectivity index is 1.61. The van der Waals surface area contributed by atoms with E-state index in [1.807, 2.05) is 42.5 Å². The molecule has 1 aromatic heterocycles. The molecule has 0 saturated carbocycles. The van der Waals surface area contributed by atoms with Crippen LogP contribution in [0.2, 0.25) is 0 Å². The summed E-state index contributed by atoms with van der Waals surface area (Å²) in [5.74, 6) is -2.15. The van der Waals surface area contributed by atoms with Crippen LogP contribution in [0.1, 0.15) is 91.5 Å². The molecule has 0 aliphatic carbocycles. The van der Waals surface area contributed by atoms with E-state index in [0.717, 1.165) is 16.5 Å². The number of carbonyl (C=O) groups excluding carboxylic acids is 5. The van der Waals surface area contributed by atoms with E-state index in [1.54, 1.807) is 48.5 Å². The van der Waals surface area contributed by atoms with Crippen LogP contribution in [-0.2, 0) is 28.7 Å². The highest BCUT2D eigenvalue weighted by Gasteiger charge is 2.34. The number of hydrogen-bond donors (Lipinski definition) is 3. The predicted molar refractivity (Wildman–Crippen MR) is 185 cm³/mol. The SMILES string of the molecule is CC1NC(=O)C(C(C)C)NC(=O)CCN(C(=O)OC(C)(C)C)CCC=Cc2ccc3ccc(nc3c2)C(C)OC(=O)C2CCCN(N2)C1=O. The molecule has 1 fully saturated rings. The molecule has 2 aliphatic heterocycles. The van der Waals surface area contributed by atoms with Crippen LogP contribution in [-0.4, -0.2) is 88.0 Å². The summed E-state index contributed by atoms with van der Waals surface area (Å²) in [5, 5.41) is 7.76. The van der Waals surface area contributed by atoms with Crippen LogP contribution in [0.3, 0.4) is 0 Å². The second-order valence-corrected chi connectivity index (χ2v) is 14.0. The number of fused-ring (bicyclic) bond motifs is 4. The van der Waals surface area contributed by atoms with Gasteiger partial charge in [0.15, 0.2) is 0 Å². The van der Waals surface area contributed by atoms with E-state index in [4.69, 9.17) is 14.5 Å². The molecule has 4 unspecified atom stereocenters. The van der Waals surface area contributed by atoms with Crippen molar-refractivity contribution in [2.45, 2.75) is 104 Å². The van der Waals surface area contributed by atoms with E-state index in [9.17, 15) is 24.0 Å². The quantitative estimate of drug-likeness (QED) is 0.379. The maximum Gasteiger partial charge on any atom is 0.410 e. The van der Waals surface area contributed by atoms with Crippen molar-refractivity contribution >= 4 is 46.8 Å². The zero-order valence-corrected chi connectivity index (χ0v) is 29.6. The van der Waals surface area contributed by atoms with Crippen LogP contribution in [0.25, 0.3) is 17.0 Å². The number of ether oxygens (including phenoxy) is 2. The van der Waals surface area contributed by atoms with Crippen LogP contribution in [0.4, 0.5) is 4.79 Å². The van der Waals surface area contributed by atoms with E-state index < -0.39 is 59.6 Å². The van der Waals surface area contributed by atoms with Gasteiger partial charge >= 0.3 is 12.1 Å². The van der Waals surface area contributed by atoms with Gasteiger partial charge in [0.2, 0.25) is 11.8 Å². The number of pyridine rings is 1. The van der Waals surface area contributed by atoms with Crippen LogP contribution in [0.15, 0.2) is 36.4 Å². The minimum absolute atomic E-state index is 0.0553. The molecule has 4 amide bonds. The van der Waals surface area contributed by atoms with E-state index >= 15 is 0 Å². The molecule has 13 heteroatoms. The van der Waals surface area contributed by atoms with Crippen molar-refractivity contribution in [2.75, 3.05) is 19.6 Å². The lowest BCUT2D eigenvalue weighted by molar-refractivity contribution is -0.157. The summed E-state index contributed by atoms with van der Waals surface area (Å²) in [4.78, 5) is 72.3. The standard InChI is InChI=1S/C36H50N6O7/c1-22(2)31-32(44)37-23(3)33(45)42-19-10-12-28(40-42)34(46)48-24(4)27-16-15-26-14-13-25(21-29(26)38-27)11-8-9-18-41(20-17-30(43)39-31)35(47)49-36(5,6)7/h8,11,13-16,21-24,28,31,40H,9-10,12,17-20H2,1-7H3,(H,37,44)(H,39,43). The van der Waals surface area contributed by atoms with Gasteiger partial charge in [0.25, 0.3) is 5.91 Å². The molecule has 13 nitrogen and oxygen atoms in total. The van der Waals surface area contributed by atoms with Crippen molar-refractivity contribution < 1.29 is 33.4 Å².